The molecular weight excluding hydrogens is 287 g/mol. The van der Waals surface area contributed by atoms with E-state index in [1.54, 1.807) is 0 Å². The second kappa shape index (κ2) is 6.89. The zero-order chi connectivity index (χ0) is 15.2. The standard InChI is InChI=1S/C19H15N2P/c1-20-21-18-14-8-9-15-19(18)22(16-10-4-2-5-11-16)17-12-6-3-7-13-17/h2-15,21H. The van der Waals surface area contributed by atoms with Crippen molar-refractivity contribution < 1.29 is 0 Å². The van der Waals surface area contributed by atoms with E-state index < -0.39 is 7.92 Å². The van der Waals surface area contributed by atoms with Crippen molar-refractivity contribution in [3.8, 4) is 0 Å². The highest BCUT2D eigenvalue weighted by molar-refractivity contribution is 7.80. The summed E-state index contributed by atoms with van der Waals surface area (Å²) in [5, 5.41) is 3.73. The second-order valence-electron chi connectivity index (χ2n) is 4.75. The summed E-state index contributed by atoms with van der Waals surface area (Å²) in [7, 11) is -0.684. The SMILES string of the molecule is [C-]#[N+]Nc1ccccc1P(c1ccccc1)c1ccccc1. The number of hydrogen-bond acceptors (Lipinski definition) is 1. The Morgan fingerprint density at radius 1 is 0.682 bits per heavy atom. The number of hydrogen-bond donors (Lipinski definition) is 1. The van der Waals surface area contributed by atoms with Crippen LogP contribution in [0.3, 0.4) is 0 Å². The van der Waals surface area contributed by atoms with E-state index in [-0.39, 0.29) is 0 Å². The maximum atomic E-state index is 7.11. The number of anilines is 1. The van der Waals surface area contributed by atoms with Crippen molar-refractivity contribution in [2.75, 3.05) is 5.43 Å². The first-order chi connectivity index (χ1) is 10.9. The van der Waals surface area contributed by atoms with Gasteiger partial charge in [0, 0.05) is 5.30 Å². The Bertz CT molecular complexity index is 740. The molecule has 2 nitrogen and oxygen atoms in total. The summed E-state index contributed by atoms with van der Waals surface area (Å²) in [6.45, 7) is 7.11. The smallest absolute Gasteiger partial charge is 0.118 e. The van der Waals surface area contributed by atoms with Crippen LogP contribution in [0.15, 0.2) is 84.9 Å². The van der Waals surface area contributed by atoms with Gasteiger partial charge in [-0.05, 0) is 24.6 Å². The van der Waals surface area contributed by atoms with Gasteiger partial charge in [-0.25, -0.2) is 0 Å². The first-order valence-corrected chi connectivity index (χ1v) is 8.36. The van der Waals surface area contributed by atoms with Crippen molar-refractivity contribution in [3.05, 3.63) is 96.5 Å². The van der Waals surface area contributed by atoms with Crippen molar-refractivity contribution >= 4 is 29.5 Å². The van der Waals surface area contributed by atoms with E-state index >= 15 is 0 Å². The molecule has 1 N–H and O–H groups in total. The van der Waals surface area contributed by atoms with E-state index in [0.717, 1.165) is 5.69 Å². The third-order valence-electron chi connectivity index (χ3n) is 3.35. The largest absolute Gasteiger partial charge is 0.184 e. The minimum Gasteiger partial charge on any atom is -0.184 e. The predicted octanol–water partition coefficient (Wildman–Crippen LogP) is 3.69. The molecule has 106 valence electrons. The van der Waals surface area contributed by atoms with Gasteiger partial charge in [-0.1, -0.05) is 84.3 Å². The fourth-order valence-electron chi connectivity index (χ4n) is 2.40. The Morgan fingerprint density at radius 2 is 1.18 bits per heavy atom. The van der Waals surface area contributed by atoms with Crippen molar-refractivity contribution in [3.63, 3.8) is 0 Å². The van der Waals surface area contributed by atoms with E-state index in [4.69, 9.17) is 6.57 Å². The molecule has 0 amide bonds. The van der Waals surface area contributed by atoms with Gasteiger partial charge >= 0.3 is 0 Å². The molecule has 3 rings (SSSR count). The second-order valence-corrected chi connectivity index (χ2v) is 6.93. The summed E-state index contributed by atoms with van der Waals surface area (Å²) in [4.78, 5) is 3.35. The van der Waals surface area contributed by atoms with Gasteiger partial charge in [-0.2, -0.15) is 11.5 Å². The van der Waals surface area contributed by atoms with Crippen LogP contribution in [0.4, 0.5) is 5.69 Å². The Labute approximate surface area is 132 Å². The molecule has 0 saturated carbocycles. The molecule has 0 atom stereocenters. The van der Waals surface area contributed by atoms with E-state index in [1.165, 1.54) is 15.9 Å². The molecule has 0 fully saturated rings. The molecule has 22 heavy (non-hydrogen) atoms. The lowest BCUT2D eigenvalue weighted by atomic mass is 10.3. The molecule has 0 bridgehead atoms. The Morgan fingerprint density at radius 3 is 1.73 bits per heavy atom. The number of benzene rings is 3. The summed E-state index contributed by atoms with van der Waals surface area (Å²) in [6.07, 6.45) is 0. The molecule has 0 heterocycles. The topological polar surface area (TPSA) is 16.4 Å². The number of nitrogens with zero attached hydrogens (tertiary/aromatic N) is 1. The molecule has 0 radical (unpaired) electrons. The summed E-state index contributed by atoms with van der Waals surface area (Å²) in [5.74, 6) is 0. The molecule has 3 aromatic rings. The summed E-state index contributed by atoms with van der Waals surface area (Å²) < 4.78 is 0. The highest BCUT2D eigenvalue weighted by atomic mass is 31.1. The van der Waals surface area contributed by atoms with E-state index in [1.807, 2.05) is 30.3 Å². The van der Waals surface area contributed by atoms with Gasteiger partial charge in [-0.15, -0.1) is 0 Å². The average Bonchev–Trinajstić information content (AvgIpc) is 2.59. The number of para-hydroxylation sites is 1. The Kier molecular flexibility index (Phi) is 4.49. The molecule has 0 spiro atoms. The first kappa shape index (κ1) is 14.3. The van der Waals surface area contributed by atoms with Crippen molar-refractivity contribution in [2.24, 2.45) is 0 Å². The molecule has 0 saturated heterocycles. The summed E-state index contributed by atoms with van der Waals surface area (Å²) >= 11 is 0. The van der Waals surface area contributed by atoms with Crippen molar-refractivity contribution in [1.82, 2.24) is 0 Å². The predicted molar refractivity (Wildman–Crippen MR) is 95.4 cm³/mol. The van der Waals surface area contributed by atoms with Gasteiger partial charge in [0.05, 0.1) is 0 Å². The third-order valence-corrected chi connectivity index (χ3v) is 5.85. The van der Waals surface area contributed by atoms with Gasteiger partial charge in [0.15, 0.2) is 0 Å². The van der Waals surface area contributed by atoms with Crippen molar-refractivity contribution in [1.29, 1.82) is 0 Å². The van der Waals surface area contributed by atoms with Crippen LogP contribution in [0, 0.1) is 6.57 Å². The lowest BCUT2D eigenvalue weighted by Gasteiger charge is -2.20. The molecule has 0 aliphatic heterocycles. The maximum absolute atomic E-state index is 7.11. The lowest BCUT2D eigenvalue weighted by Crippen LogP contribution is -2.22. The molecule has 0 unspecified atom stereocenters. The zero-order valence-electron chi connectivity index (χ0n) is 12.0. The van der Waals surface area contributed by atoms with Crippen molar-refractivity contribution in [2.45, 2.75) is 0 Å². The van der Waals surface area contributed by atoms with Crippen LogP contribution < -0.4 is 21.3 Å². The quantitative estimate of drug-likeness (QED) is 0.442. The van der Waals surface area contributed by atoms with Crippen LogP contribution in [0.1, 0.15) is 0 Å². The zero-order valence-corrected chi connectivity index (χ0v) is 12.9. The van der Waals surface area contributed by atoms with E-state index in [9.17, 15) is 0 Å². The lowest BCUT2D eigenvalue weighted by molar-refractivity contribution is 1.62. The number of nitrogens with one attached hydrogen (secondary N) is 1. The minimum absolute atomic E-state index is 0.684. The monoisotopic (exact) mass is 302 g/mol. The first-order valence-electron chi connectivity index (χ1n) is 7.02. The Hall–Kier alpha value is -2.62. The van der Waals surface area contributed by atoms with Crippen LogP contribution in [0.2, 0.25) is 0 Å². The third kappa shape index (κ3) is 3.01. The molecule has 0 aromatic heterocycles. The fourth-order valence-corrected chi connectivity index (χ4v) is 4.80. The summed E-state index contributed by atoms with van der Waals surface area (Å²) in [5.41, 5.74) is 3.69. The van der Waals surface area contributed by atoms with Crippen LogP contribution in [0.25, 0.3) is 4.95 Å². The minimum atomic E-state index is -0.684. The van der Waals surface area contributed by atoms with Crippen LogP contribution >= 0.6 is 7.92 Å². The normalized spacial score (nSPS) is 10.2. The van der Waals surface area contributed by atoms with Crippen LogP contribution in [0.5, 0.6) is 0 Å². The van der Waals surface area contributed by atoms with Crippen LogP contribution in [-0.2, 0) is 0 Å². The van der Waals surface area contributed by atoms with Gasteiger partial charge in [0.1, 0.15) is 5.69 Å². The molecular formula is C19H15N2P. The maximum Gasteiger partial charge on any atom is 0.118 e. The van der Waals surface area contributed by atoms with Gasteiger partial charge in [0.2, 0.25) is 0 Å². The molecule has 3 aromatic carbocycles. The van der Waals surface area contributed by atoms with E-state index in [2.05, 4.69) is 65.0 Å². The van der Waals surface area contributed by atoms with Gasteiger partial charge in [-0.3, -0.25) is 0 Å². The highest BCUT2D eigenvalue weighted by Crippen LogP contribution is 2.35. The molecule has 0 aliphatic carbocycles. The Balaban J connectivity index is 2.17. The number of rotatable bonds is 4. The summed E-state index contributed by atoms with van der Waals surface area (Å²) in [6, 6.07) is 29.0. The van der Waals surface area contributed by atoms with Gasteiger partial charge in [0.25, 0.3) is 0 Å². The fraction of sp³-hybridized carbons (Fsp3) is 0. The highest BCUT2D eigenvalue weighted by Gasteiger charge is 2.19. The molecule has 0 aliphatic rings. The van der Waals surface area contributed by atoms with Gasteiger partial charge < -0.3 is 0 Å². The average molecular weight is 302 g/mol. The molecule has 3 heteroatoms. The van der Waals surface area contributed by atoms with E-state index in [0.29, 0.717) is 0 Å². The van der Waals surface area contributed by atoms with Crippen LogP contribution in [-0.4, -0.2) is 0 Å².